The fraction of sp³-hybridized carbons (Fsp3) is 0.609. The molecule has 1 heterocycles. The number of alkyl halides is 1. The van der Waals surface area contributed by atoms with Crippen LogP contribution in [-0.2, 0) is 14.3 Å². The average Bonchev–Trinajstić information content (AvgIpc) is 2.74. The molecule has 0 saturated carbocycles. The number of urea groups is 1. The molecule has 0 bridgehead atoms. The van der Waals surface area contributed by atoms with Gasteiger partial charge in [0, 0.05) is 45.8 Å². The van der Waals surface area contributed by atoms with Crippen LogP contribution < -0.4 is 0 Å². The highest BCUT2D eigenvalue weighted by molar-refractivity contribution is 5.77. The van der Waals surface area contributed by atoms with Crippen molar-refractivity contribution in [2.45, 2.75) is 45.7 Å². The first-order valence-electron chi connectivity index (χ1n) is 10.7. The van der Waals surface area contributed by atoms with E-state index in [1.807, 2.05) is 6.08 Å². The summed E-state index contributed by atoms with van der Waals surface area (Å²) < 4.78 is 18.5. The van der Waals surface area contributed by atoms with Crippen LogP contribution in [-0.4, -0.2) is 78.1 Å². The molecule has 0 aromatic rings. The minimum Gasteiger partial charge on any atom is -0.469 e. The topological polar surface area (TPSA) is 70.2 Å². The molecule has 2 aliphatic rings. The monoisotopic (exact) mass is 435 g/mol. The molecule has 1 atom stereocenters. The average molecular weight is 436 g/mol. The Morgan fingerprint density at radius 1 is 1.19 bits per heavy atom. The molecular formula is C23H34FN3O4. The molecule has 1 aliphatic heterocycles. The Hall–Kier alpha value is -2.64. The van der Waals surface area contributed by atoms with Gasteiger partial charge in [-0.15, -0.1) is 0 Å². The van der Waals surface area contributed by atoms with Gasteiger partial charge in [-0.3, -0.25) is 14.5 Å². The second-order valence-corrected chi connectivity index (χ2v) is 8.53. The van der Waals surface area contributed by atoms with Gasteiger partial charge in [-0.2, -0.15) is 0 Å². The van der Waals surface area contributed by atoms with E-state index in [0.29, 0.717) is 52.0 Å². The number of methoxy groups -OCH3 is 1. The van der Waals surface area contributed by atoms with E-state index < -0.39 is 5.67 Å². The van der Waals surface area contributed by atoms with E-state index in [9.17, 15) is 18.8 Å². The zero-order valence-corrected chi connectivity index (χ0v) is 19.0. The van der Waals surface area contributed by atoms with Gasteiger partial charge in [0.15, 0.2) is 0 Å². The summed E-state index contributed by atoms with van der Waals surface area (Å²) in [4.78, 5) is 41.5. The van der Waals surface area contributed by atoms with E-state index in [1.165, 1.54) is 34.0 Å². The Morgan fingerprint density at radius 3 is 2.35 bits per heavy atom. The molecule has 0 aromatic carbocycles. The number of hydrogen-bond acceptors (Lipinski definition) is 4. The van der Waals surface area contributed by atoms with Crippen LogP contribution in [0.1, 0.15) is 40.0 Å². The molecule has 0 spiro atoms. The predicted octanol–water partition coefficient (Wildman–Crippen LogP) is 3.29. The van der Waals surface area contributed by atoms with Crippen molar-refractivity contribution in [3.63, 3.8) is 0 Å². The number of piperazine rings is 1. The standard InChI is InChI=1S/C23H34FN3O4/c1-18(28)25-13-15-26(16-14-25)22(30)27(12-6-5-11-23(2,3)24)17-19-7-9-20(10-8-19)21(29)31-4/h5-7,11-12,20H,8-10,13-17H2,1-4H3/b11-5-,12-6+. The highest BCUT2D eigenvalue weighted by atomic mass is 19.1. The number of hydrogen-bond donors (Lipinski definition) is 0. The van der Waals surface area contributed by atoms with E-state index in [2.05, 4.69) is 0 Å². The van der Waals surface area contributed by atoms with Gasteiger partial charge in [0.05, 0.1) is 13.0 Å². The lowest BCUT2D eigenvalue weighted by Crippen LogP contribution is -2.53. The van der Waals surface area contributed by atoms with E-state index in [4.69, 9.17) is 4.74 Å². The van der Waals surface area contributed by atoms with Gasteiger partial charge in [0.2, 0.25) is 5.91 Å². The number of carbonyl (C=O) groups excluding carboxylic acids is 3. The molecule has 8 heteroatoms. The fourth-order valence-corrected chi connectivity index (χ4v) is 3.65. The summed E-state index contributed by atoms with van der Waals surface area (Å²) >= 11 is 0. The fourth-order valence-electron chi connectivity index (χ4n) is 3.65. The lowest BCUT2D eigenvalue weighted by molar-refractivity contribution is -0.145. The Bertz CT molecular complexity index is 746. The van der Waals surface area contributed by atoms with Crippen molar-refractivity contribution in [1.82, 2.24) is 14.7 Å². The summed E-state index contributed by atoms with van der Waals surface area (Å²) in [7, 11) is 1.39. The summed E-state index contributed by atoms with van der Waals surface area (Å²) in [5, 5.41) is 0. The molecule has 1 unspecified atom stereocenters. The van der Waals surface area contributed by atoms with Crippen molar-refractivity contribution in [2.75, 3.05) is 39.8 Å². The van der Waals surface area contributed by atoms with Gasteiger partial charge < -0.3 is 14.5 Å². The molecule has 1 saturated heterocycles. The molecule has 172 valence electrons. The van der Waals surface area contributed by atoms with Crippen molar-refractivity contribution in [3.05, 3.63) is 36.1 Å². The van der Waals surface area contributed by atoms with Crippen LogP contribution in [0, 0.1) is 5.92 Å². The van der Waals surface area contributed by atoms with Crippen molar-refractivity contribution < 1.29 is 23.5 Å². The molecule has 7 nitrogen and oxygen atoms in total. The third-order valence-electron chi connectivity index (χ3n) is 5.52. The van der Waals surface area contributed by atoms with Crippen LogP contribution in [0.15, 0.2) is 36.1 Å². The molecule has 1 aliphatic carbocycles. The number of rotatable bonds is 6. The summed E-state index contributed by atoms with van der Waals surface area (Å²) in [6, 6.07) is -0.150. The third-order valence-corrected chi connectivity index (χ3v) is 5.52. The van der Waals surface area contributed by atoms with Crippen LogP contribution in [0.2, 0.25) is 0 Å². The molecule has 0 radical (unpaired) electrons. The van der Waals surface area contributed by atoms with Gasteiger partial charge in [0.1, 0.15) is 5.67 Å². The van der Waals surface area contributed by atoms with Crippen molar-refractivity contribution in [1.29, 1.82) is 0 Å². The van der Waals surface area contributed by atoms with Crippen LogP contribution >= 0.6 is 0 Å². The van der Waals surface area contributed by atoms with E-state index in [0.717, 1.165) is 5.57 Å². The van der Waals surface area contributed by atoms with Crippen LogP contribution in [0.4, 0.5) is 9.18 Å². The molecule has 1 fully saturated rings. The number of allylic oxidation sites excluding steroid dienone is 4. The maximum absolute atomic E-state index is 13.7. The molecule has 2 rings (SSSR count). The summed E-state index contributed by atoms with van der Waals surface area (Å²) in [5.74, 6) is -0.330. The number of nitrogens with zero attached hydrogens (tertiary/aromatic N) is 3. The first-order chi connectivity index (χ1) is 14.6. The Kier molecular flexibility index (Phi) is 8.83. The predicted molar refractivity (Wildman–Crippen MR) is 117 cm³/mol. The quantitative estimate of drug-likeness (QED) is 0.365. The lowest BCUT2D eigenvalue weighted by Gasteiger charge is -2.36. The first kappa shape index (κ1) is 24.6. The molecule has 31 heavy (non-hydrogen) atoms. The van der Waals surface area contributed by atoms with Gasteiger partial charge >= 0.3 is 12.0 Å². The first-order valence-corrected chi connectivity index (χ1v) is 10.7. The minimum atomic E-state index is -1.43. The van der Waals surface area contributed by atoms with Crippen LogP contribution in [0.25, 0.3) is 0 Å². The molecular weight excluding hydrogens is 401 g/mol. The number of ether oxygens (including phenoxy) is 1. The molecule has 0 aromatic heterocycles. The van der Waals surface area contributed by atoms with Gasteiger partial charge in [0.25, 0.3) is 0 Å². The smallest absolute Gasteiger partial charge is 0.324 e. The maximum Gasteiger partial charge on any atom is 0.324 e. The Morgan fingerprint density at radius 2 is 1.84 bits per heavy atom. The highest BCUT2D eigenvalue weighted by Crippen LogP contribution is 2.25. The normalized spacial score (nSPS) is 20.2. The van der Waals surface area contributed by atoms with Crippen molar-refractivity contribution >= 4 is 17.9 Å². The number of carbonyl (C=O) groups is 3. The Balaban J connectivity index is 2.08. The van der Waals surface area contributed by atoms with Crippen molar-refractivity contribution in [2.24, 2.45) is 5.92 Å². The number of esters is 1. The lowest BCUT2D eigenvalue weighted by atomic mass is 9.89. The second kappa shape index (κ2) is 11.1. The minimum absolute atomic E-state index is 0.00958. The summed E-state index contributed by atoms with van der Waals surface area (Å²) in [6.45, 7) is 6.82. The molecule has 3 amide bonds. The zero-order chi connectivity index (χ0) is 23.0. The van der Waals surface area contributed by atoms with Gasteiger partial charge in [-0.05, 0) is 45.3 Å². The van der Waals surface area contributed by atoms with Gasteiger partial charge in [-0.25, -0.2) is 9.18 Å². The maximum atomic E-state index is 13.7. The van der Waals surface area contributed by atoms with Gasteiger partial charge in [-0.1, -0.05) is 17.7 Å². The summed E-state index contributed by atoms with van der Waals surface area (Å²) in [6.07, 6.45) is 10.4. The van der Waals surface area contributed by atoms with Crippen molar-refractivity contribution in [3.8, 4) is 0 Å². The zero-order valence-electron chi connectivity index (χ0n) is 19.0. The number of amides is 3. The van der Waals surface area contributed by atoms with E-state index in [-0.39, 0.29) is 23.8 Å². The summed E-state index contributed by atoms with van der Waals surface area (Å²) in [5.41, 5.74) is -0.355. The highest BCUT2D eigenvalue weighted by Gasteiger charge is 2.27. The van der Waals surface area contributed by atoms with E-state index >= 15 is 0 Å². The second-order valence-electron chi connectivity index (χ2n) is 8.53. The SMILES string of the molecule is COC(=O)C1CC=C(CN(/C=C/C=C\C(C)(C)F)C(=O)N2CCN(C(C)=O)CC2)CC1. The number of halogens is 1. The Labute approximate surface area is 184 Å². The largest absolute Gasteiger partial charge is 0.469 e. The molecule has 0 N–H and O–H groups in total. The van der Waals surface area contributed by atoms with E-state index in [1.54, 1.807) is 33.1 Å². The third kappa shape index (κ3) is 7.84. The van der Waals surface area contributed by atoms with Crippen LogP contribution in [0.3, 0.4) is 0 Å². The van der Waals surface area contributed by atoms with Crippen LogP contribution in [0.5, 0.6) is 0 Å².